The first kappa shape index (κ1) is 20.8. The molecule has 1 aliphatic rings. The fourth-order valence-electron chi connectivity index (χ4n) is 3.24. The molecular formula is C22H23F3N2O2. The van der Waals surface area contributed by atoms with Gasteiger partial charge >= 0.3 is 6.18 Å². The van der Waals surface area contributed by atoms with Crippen LogP contribution in [0.25, 0.3) is 6.08 Å². The van der Waals surface area contributed by atoms with Crippen LogP contribution >= 0.6 is 0 Å². The summed E-state index contributed by atoms with van der Waals surface area (Å²) in [4.78, 5) is 16.1. The van der Waals surface area contributed by atoms with Crippen molar-refractivity contribution in [3.63, 3.8) is 0 Å². The number of halogens is 3. The molecule has 0 radical (unpaired) electrons. The highest BCUT2D eigenvalue weighted by molar-refractivity contribution is 5.92. The third kappa shape index (κ3) is 5.31. The number of alkyl halides is 3. The zero-order chi connectivity index (χ0) is 20.9. The van der Waals surface area contributed by atoms with E-state index in [2.05, 4.69) is 0 Å². The zero-order valence-electron chi connectivity index (χ0n) is 16.2. The highest BCUT2D eigenvalue weighted by Crippen LogP contribution is 2.31. The lowest BCUT2D eigenvalue weighted by Crippen LogP contribution is -2.48. The van der Waals surface area contributed by atoms with E-state index in [4.69, 9.17) is 4.74 Å². The summed E-state index contributed by atoms with van der Waals surface area (Å²) in [5.41, 5.74) is 0.683. The van der Waals surface area contributed by atoms with E-state index in [1.807, 2.05) is 36.1 Å². The third-order valence-corrected chi connectivity index (χ3v) is 4.75. The number of anilines is 1. The fraction of sp³-hybridized carbons (Fsp3) is 0.318. The Bertz CT molecular complexity index is 872. The van der Waals surface area contributed by atoms with Crippen LogP contribution in [0.15, 0.2) is 54.6 Å². The Morgan fingerprint density at radius 3 is 2.48 bits per heavy atom. The van der Waals surface area contributed by atoms with Crippen molar-refractivity contribution < 1.29 is 22.7 Å². The van der Waals surface area contributed by atoms with Crippen molar-refractivity contribution in [2.45, 2.75) is 13.1 Å². The van der Waals surface area contributed by atoms with E-state index in [9.17, 15) is 18.0 Å². The summed E-state index contributed by atoms with van der Waals surface area (Å²) in [6, 6.07) is 12.8. The molecule has 0 atom stereocenters. The molecule has 0 aliphatic carbocycles. The van der Waals surface area contributed by atoms with Gasteiger partial charge in [-0.25, -0.2) is 0 Å². The maximum absolute atomic E-state index is 12.9. The predicted molar refractivity (Wildman–Crippen MR) is 107 cm³/mol. The molecule has 2 aromatic rings. The van der Waals surface area contributed by atoms with Crippen molar-refractivity contribution in [2.24, 2.45) is 0 Å². The average Bonchev–Trinajstić information content (AvgIpc) is 2.73. The monoisotopic (exact) mass is 404 g/mol. The third-order valence-electron chi connectivity index (χ3n) is 4.75. The van der Waals surface area contributed by atoms with Crippen LogP contribution in [-0.2, 0) is 11.0 Å². The first-order valence-electron chi connectivity index (χ1n) is 9.49. The quantitative estimate of drug-likeness (QED) is 0.690. The van der Waals surface area contributed by atoms with Crippen LogP contribution in [0, 0.1) is 0 Å². The molecule has 2 aromatic carbocycles. The summed E-state index contributed by atoms with van der Waals surface area (Å²) in [5.74, 6) is 0.591. The van der Waals surface area contributed by atoms with Crippen LogP contribution in [-0.4, -0.2) is 43.6 Å². The fourth-order valence-corrected chi connectivity index (χ4v) is 3.24. The van der Waals surface area contributed by atoms with Crippen molar-refractivity contribution in [3.8, 4) is 5.75 Å². The molecule has 0 unspecified atom stereocenters. The smallest absolute Gasteiger partial charge is 0.416 e. The average molecular weight is 404 g/mol. The van der Waals surface area contributed by atoms with Gasteiger partial charge in [0.25, 0.3) is 0 Å². The van der Waals surface area contributed by atoms with Crippen LogP contribution in [0.1, 0.15) is 18.1 Å². The second kappa shape index (κ2) is 9.03. The highest BCUT2D eigenvalue weighted by Gasteiger charge is 2.31. The number of hydrogen-bond acceptors (Lipinski definition) is 3. The summed E-state index contributed by atoms with van der Waals surface area (Å²) in [5, 5.41) is 0. The SMILES string of the molecule is CCOc1ccccc1/C=C/C(=O)N1CCN(c2cccc(C(F)(F)F)c2)CC1. The van der Waals surface area contributed by atoms with E-state index < -0.39 is 11.7 Å². The maximum Gasteiger partial charge on any atom is 0.416 e. The molecule has 29 heavy (non-hydrogen) atoms. The maximum atomic E-state index is 12.9. The molecule has 1 amide bonds. The summed E-state index contributed by atoms with van der Waals surface area (Å²) in [6.07, 6.45) is -1.12. The number of carbonyl (C=O) groups excluding carboxylic acids is 1. The van der Waals surface area contributed by atoms with Gasteiger partial charge in [0.1, 0.15) is 5.75 Å². The molecule has 7 heteroatoms. The van der Waals surface area contributed by atoms with Gasteiger partial charge in [-0.15, -0.1) is 0 Å². The van der Waals surface area contributed by atoms with Crippen molar-refractivity contribution >= 4 is 17.7 Å². The van der Waals surface area contributed by atoms with Gasteiger partial charge in [-0.3, -0.25) is 4.79 Å². The summed E-state index contributed by atoms with van der Waals surface area (Å²) in [6.45, 7) is 4.30. The molecule has 1 fully saturated rings. The van der Waals surface area contributed by atoms with E-state index in [-0.39, 0.29) is 5.91 Å². The molecule has 0 aromatic heterocycles. The van der Waals surface area contributed by atoms with Crippen LogP contribution in [0.2, 0.25) is 0 Å². The number of hydrogen-bond donors (Lipinski definition) is 0. The summed E-state index contributed by atoms with van der Waals surface area (Å²) >= 11 is 0. The summed E-state index contributed by atoms with van der Waals surface area (Å²) < 4.78 is 44.3. The standard InChI is InChI=1S/C22H23F3N2O2/c1-2-29-20-9-4-3-6-17(20)10-11-21(28)27-14-12-26(13-15-27)19-8-5-7-18(16-19)22(23,24)25/h3-11,16H,2,12-15H2,1H3/b11-10+. The van der Waals surface area contributed by atoms with Crippen LogP contribution in [0.4, 0.5) is 18.9 Å². The number of piperazine rings is 1. The topological polar surface area (TPSA) is 32.8 Å². The van der Waals surface area contributed by atoms with Gasteiger partial charge in [0.05, 0.1) is 12.2 Å². The second-order valence-corrected chi connectivity index (χ2v) is 6.66. The first-order valence-corrected chi connectivity index (χ1v) is 9.49. The minimum Gasteiger partial charge on any atom is -0.493 e. The lowest BCUT2D eigenvalue weighted by atomic mass is 10.1. The number of para-hydroxylation sites is 1. The number of amides is 1. The Kier molecular flexibility index (Phi) is 6.46. The Labute approximate surface area is 168 Å². The lowest BCUT2D eigenvalue weighted by molar-refractivity contribution is -0.137. The number of ether oxygens (including phenoxy) is 1. The molecule has 3 rings (SSSR count). The van der Waals surface area contributed by atoms with Gasteiger partial charge in [0, 0.05) is 43.5 Å². The molecule has 4 nitrogen and oxygen atoms in total. The van der Waals surface area contributed by atoms with Gasteiger partial charge in [-0.1, -0.05) is 24.3 Å². The summed E-state index contributed by atoms with van der Waals surface area (Å²) in [7, 11) is 0. The molecule has 0 saturated carbocycles. The van der Waals surface area contributed by atoms with Crippen molar-refractivity contribution in [1.82, 2.24) is 4.90 Å². The lowest BCUT2D eigenvalue weighted by Gasteiger charge is -2.36. The van der Waals surface area contributed by atoms with E-state index in [0.717, 1.165) is 17.7 Å². The largest absolute Gasteiger partial charge is 0.493 e. The van der Waals surface area contributed by atoms with E-state index >= 15 is 0 Å². The van der Waals surface area contributed by atoms with Crippen LogP contribution < -0.4 is 9.64 Å². The van der Waals surface area contributed by atoms with Crippen molar-refractivity contribution in [2.75, 3.05) is 37.7 Å². The minimum atomic E-state index is -4.36. The van der Waals surface area contributed by atoms with Gasteiger partial charge in [-0.2, -0.15) is 13.2 Å². The molecule has 1 heterocycles. The van der Waals surface area contributed by atoms with E-state index in [0.29, 0.717) is 44.2 Å². The molecule has 0 bridgehead atoms. The Morgan fingerprint density at radius 2 is 1.79 bits per heavy atom. The molecule has 1 saturated heterocycles. The van der Waals surface area contributed by atoms with Crippen molar-refractivity contribution in [3.05, 3.63) is 65.7 Å². The molecule has 0 spiro atoms. The Morgan fingerprint density at radius 1 is 1.07 bits per heavy atom. The zero-order valence-corrected chi connectivity index (χ0v) is 16.2. The highest BCUT2D eigenvalue weighted by atomic mass is 19.4. The normalized spacial score (nSPS) is 15.0. The number of benzene rings is 2. The molecule has 154 valence electrons. The van der Waals surface area contributed by atoms with Gasteiger partial charge in [0.2, 0.25) is 5.91 Å². The van der Waals surface area contributed by atoms with Gasteiger partial charge < -0.3 is 14.5 Å². The second-order valence-electron chi connectivity index (χ2n) is 6.66. The number of carbonyl (C=O) groups is 1. The molecular weight excluding hydrogens is 381 g/mol. The van der Waals surface area contributed by atoms with Gasteiger partial charge in [-0.05, 0) is 37.3 Å². The van der Waals surface area contributed by atoms with E-state index in [1.54, 1.807) is 17.0 Å². The number of nitrogens with zero attached hydrogens (tertiary/aromatic N) is 2. The number of rotatable bonds is 5. The molecule has 0 N–H and O–H groups in total. The van der Waals surface area contributed by atoms with Gasteiger partial charge in [0.15, 0.2) is 0 Å². The molecule has 1 aliphatic heterocycles. The van der Waals surface area contributed by atoms with E-state index in [1.165, 1.54) is 12.1 Å². The first-order chi connectivity index (χ1) is 13.9. The van der Waals surface area contributed by atoms with Crippen LogP contribution in [0.3, 0.4) is 0 Å². The predicted octanol–water partition coefficient (Wildman–Crippen LogP) is 4.47. The Balaban J connectivity index is 1.60. The minimum absolute atomic E-state index is 0.125. The van der Waals surface area contributed by atoms with Crippen molar-refractivity contribution in [1.29, 1.82) is 0 Å². The van der Waals surface area contributed by atoms with Crippen LogP contribution in [0.5, 0.6) is 5.75 Å². The Hall–Kier alpha value is -2.96.